The summed E-state index contributed by atoms with van der Waals surface area (Å²) in [7, 11) is 1.45. The second-order valence-electron chi connectivity index (χ2n) is 3.00. The van der Waals surface area contributed by atoms with E-state index in [2.05, 4.69) is 0 Å². The Hall–Kier alpha value is -1.09. The lowest BCUT2D eigenvalue weighted by Crippen LogP contribution is -2.10. The van der Waals surface area contributed by atoms with Crippen molar-refractivity contribution in [2.75, 3.05) is 13.7 Å². The van der Waals surface area contributed by atoms with Gasteiger partial charge in [-0.15, -0.1) is 0 Å². The zero-order valence-electron chi connectivity index (χ0n) is 7.88. The molecule has 3 heteroatoms. The molecule has 2 N–H and O–H groups in total. The fraction of sp³-hybridized carbons (Fsp3) is 0.400. The van der Waals surface area contributed by atoms with Crippen LogP contribution >= 0.6 is 0 Å². The molecule has 0 aliphatic heterocycles. The first-order valence-corrected chi connectivity index (χ1v) is 4.23. The Morgan fingerprint density at radius 1 is 1.54 bits per heavy atom. The average molecular weight is 183 g/mol. The van der Waals surface area contributed by atoms with Gasteiger partial charge in [0.05, 0.1) is 7.11 Å². The van der Waals surface area contributed by atoms with Crippen molar-refractivity contribution in [3.05, 3.63) is 29.6 Å². The summed E-state index contributed by atoms with van der Waals surface area (Å²) in [5.41, 5.74) is 6.07. The number of hydrogen-bond donors (Lipinski definition) is 1. The summed E-state index contributed by atoms with van der Waals surface area (Å²) >= 11 is 0. The molecule has 1 atom stereocenters. The third kappa shape index (κ3) is 1.98. The van der Waals surface area contributed by atoms with E-state index in [0.29, 0.717) is 12.1 Å². The number of rotatable bonds is 3. The van der Waals surface area contributed by atoms with Crippen LogP contribution in [-0.4, -0.2) is 13.7 Å². The van der Waals surface area contributed by atoms with Crippen LogP contribution in [0.15, 0.2) is 18.2 Å². The number of benzene rings is 1. The Kier molecular flexibility index (Phi) is 3.25. The quantitative estimate of drug-likeness (QED) is 0.776. The Morgan fingerprint density at radius 2 is 2.23 bits per heavy atom. The minimum atomic E-state index is -0.303. The summed E-state index contributed by atoms with van der Waals surface area (Å²) < 4.78 is 18.4. The number of nitrogens with two attached hydrogens (primary N) is 1. The van der Waals surface area contributed by atoms with E-state index in [1.807, 2.05) is 6.92 Å². The zero-order chi connectivity index (χ0) is 9.84. The van der Waals surface area contributed by atoms with Gasteiger partial charge in [0.15, 0.2) is 11.6 Å². The van der Waals surface area contributed by atoms with Gasteiger partial charge in [-0.05, 0) is 24.1 Å². The Balaban J connectivity index is 3.08. The van der Waals surface area contributed by atoms with Crippen molar-refractivity contribution in [2.45, 2.75) is 12.8 Å². The minimum Gasteiger partial charge on any atom is -0.494 e. The van der Waals surface area contributed by atoms with E-state index in [0.717, 1.165) is 0 Å². The SMILES string of the molecule is COc1cccc(C(C)CN)c1F. The summed E-state index contributed by atoms with van der Waals surface area (Å²) in [6.07, 6.45) is 0. The molecule has 0 fully saturated rings. The van der Waals surface area contributed by atoms with Crippen LogP contribution in [0.5, 0.6) is 5.75 Å². The van der Waals surface area contributed by atoms with E-state index >= 15 is 0 Å². The number of ether oxygens (including phenoxy) is 1. The summed E-state index contributed by atoms with van der Waals surface area (Å²) in [6.45, 7) is 2.32. The predicted molar refractivity (Wildman–Crippen MR) is 50.4 cm³/mol. The van der Waals surface area contributed by atoms with Gasteiger partial charge in [-0.1, -0.05) is 19.1 Å². The molecule has 1 rings (SSSR count). The van der Waals surface area contributed by atoms with Gasteiger partial charge in [0.25, 0.3) is 0 Å². The molecule has 1 aromatic carbocycles. The molecule has 2 nitrogen and oxygen atoms in total. The highest BCUT2D eigenvalue weighted by Crippen LogP contribution is 2.25. The second kappa shape index (κ2) is 4.23. The maximum absolute atomic E-state index is 13.5. The van der Waals surface area contributed by atoms with Crippen LogP contribution in [-0.2, 0) is 0 Å². The van der Waals surface area contributed by atoms with Gasteiger partial charge in [0.2, 0.25) is 0 Å². The molecule has 1 unspecified atom stereocenters. The van der Waals surface area contributed by atoms with E-state index in [1.165, 1.54) is 7.11 Å². The van der Waals surface area contributed by atoms with Crippen LogP contribution in [0.2, 0.25) is 0 Å². The summed E-state index contributed by atoms with van der Waals surface area (Å²) in [6, 6.07) is 5.10. The topological polar surface area (TPSA) is 35.2 Å². The molecular weight excluding hydrogens is 169 g/mol. The summed E-state index contributed by atoms with van der Waals surface area (Å²) in [5.74, 6) is -0.00384. The molecule has 1 aromatic rings. The third-order valence-electron chi connectivity index (χ3n) is 2.10. The van der Waals surface area contributed by atoms with Crippen LogP contribution in [0.1, 0.15) is 18.4 Å². The minimum absolute atomic E-state index is 0.0232. The smallest absolute Gasteiger partial charge is 0.168 e. The summed E-state index contributed by atoms with van der Waals surface area (Å²) in [4.78, 5) is 0. The van der Waals surface area contributed by atoms with Crippen LogP contribution in [0.4, 0.5) is 4.39 Å². The third-order valence-corrected chi connectivity index (χ3v) is 2.10. The Bertz CT molecular complexity index is 288. The van der Waals surface area contributed by atoms with Crippen molar-refractivity contribution in [1.82, 2.24) is 0 Å². The second-order valence-corrected chi connectivity index (χ2v) is 3.00. The fourth-order valence-electron chi connectivity index (χ4n) is 1.19. The van der Waals surface area contributed by atoms with Crippen LogP contribution in [0.25, 0.3) is 0 Å². The van der Waals surface area contributed by atoms with E-state index < -0.39 is 0 Å². The van der Waals surface area contributed by atoms with Gasteiger partial charge in [-0.2, -0.15) is 0 Å². The van der Waals surface area contributed by atoms with Crippen molar-refractivity contribution < 1.29 is 9.13 Å². The first-order chi connectivity index (χ1) is 6.20. The van der Waals surface area contributed by atoms with Gasteiger partial charge in [-0.3, -0.25) is 0 Å². The molecule has 72 valence electrons. The maximum Gasteiger partial charge on any atom is 0.168 e. The molecule has 0 spiro atoms. The van der Waals surface area contributed by atoms with E-state index in [-0.39, 0.29) is 17.5 Å². The standard InChI is InChI=1S/C10H14FNO/c1-7(6-12)8-4-3-5-9(13-2)10(8)11/h3-5,7H,6,12H2,1-2H3. The zero-order valence-corrected chi connectivity index (χ0v) is 7.88. The van der Waals surface area contributed by atoms with E-state index in [4.69, 9.17) is 10.5 Å². The largest absolute Gasteiger partial charge is 0.494 e. The van der Waals surface area contributed by atoms with Crippen LogP contribution in [0, 0.1) is 5.82 Å². The molecule has 0 aliphatic carbocycles. The molecule has 0 aliphatic rings. The maximum atomic E-state index is 13.5. The highest BCUT2D eigenvalue weighted by atomic mass is 19.1. The van der Waals surface area contributed by atoms with Gasteiger partial charge >= 0.3 is 0 Å². The molecule has 0 saturated carbocycles. The van der Waals surface area contributed by atoms with Crippen molar-refractivity contribution >= 4 is 0 Å². The molecule has 0 aromatic heterocycles. The number of hydrogen-bond acceptors (Lipinski definition) is 2. The molecule has 0 amide bonds. The molecule has 0 heterocycles. The van der Waals surface area contributed by atoms with E-state index in [9.17, 15) is 4.39 Å². The Morgan fingerprint density at radius 3 is 2.77 bits per heavy atom. The molecule has 0 radical (unpaired) electrons. The van der Waals surface area contributed by atoms with Crippen molar-refractivity contribution in [3.8, 4) is 5.75 Å². The Labute approximate surface area is 77.5 Å². The fourth-order valence-corrected chi connectivity index (χ4v) is 1.19. The van der Waals surface area contributed by atoms with Crippen LogP contribution < -0.4 is 10.5 Å². The van der Waals surface area contributed by atoms with Crippen molar-refractivity contribution in [3.63, 3.8) is 0 Å². The van der Waals surface area contributed by atoms with Gasteiger partial charge in [0, 0.05) is 0 Å². The van der Waals surface area contributed by atoms with Gasteiger partial charge in [-0.25, -0.2) is 4.39 Å². The monoisotopic (exact) mass is 183 g/mol. The molecule has 0 saturated heterocycles. The summed E-state index contributed by atoms with van der Waals surface area (Å²) in [5, 5.41) is 0. The highest BCUT2D eigenvalue weighted by Gasteiger charge is 2.12. The lowest BCUT2D eigenvalue weighted by molar-refractivity contribution is 0.383. The van der Waals surface area contributed by atoms with Crippen LogP contribution in [0.3, 0.4) is 0 Å². The number of methoxy groups -OCH3 is 1. The average Bonchev–Trinajstić information content (AvgIpc) is 2.17. The number of halogens is 1. The van der Waals surface area contributed by atoms with Gasteiger partial charge < -0.3 is 10.5 Å². The lowest BCUT2D eigenvalue weighted by Gasteiger charge is -2.11. The van der Waals surface area contributed by atoms with Crippen molar-refractivity contribution in [1.29, 1.82) is 0 Å². The van der Waals surface area contributed by atoms with E-state index in [1.54, 1.807) is 18.2 Å². The predicted octanol–water partition coefficient (Wildman–Crippen LogP) is 1.90. The first-order valence-electron chi connectivity index (χ1n) is 4.23. The van der Waals surface area contributed by atoms with Crippen molar-refractivity contribution in [2.24, 2.45) is 5.73 Å². The normalized spacial score (nSPS) is 12.6. The lowest BCUT2D eigenvalue weighted by atomic mass is 10.0. The highest BCUT2D eigenvalue weighted by molar-refractivity contribution is 5.33. The molecular formula is C10H14FNO. The first kappa shape index (κ1) is 9.99. The van der Waals surface area contributed by atoms with Gasteiger partial charge in [0.1, 0.15) is 0 Å². The molecule has 13 heavy (non-hydrogen) atoms. The molecule has 0 bridgehead atoms.